The summed E-state index contributed by atoms with van der Waals surface area (Å²) < 4.78 is 25.6. The lowest BCUT2D eigenvalue weighted by Gasteiger charge is -2.30. The first-order chi connectivity index (χ1) is 13.5. The topological polar surface area (TPSA) is 66.5 Å². The van der Waals surface area contributed by atoms with Gasteiger partial charge in [0.2, 0.25) is 15.9 Å². The number of rotatable bonds is 7. The highest BCUT2D eigenvalue weighted by atomic mass is 32.2. The molecule has 7 heteroatoms. The van der Waals surface area contributed by atoms with Crippen LogP contribution < -0.4 is 5.32 Å². The molecule has 0 aromatic heterocycles. The third-order valence-electron chi connectivity index (χ3n) is 4.88. The molecule has 0 aliphatic carbocycles. The highest BCUT2D eigenvalue weighted by molar-refractivity contribution is 7.98. The van der Waals surface area contributed by atoms with Crippen molar-refractivity contribution < 1.29 is 13.2 Å². The van der Waals surface area contributed by atoms with E-state index in [0.717, 1.165) is 11.4 Å². The molecule has 1 aliphatic heterocycles. The number of sulfonamides is 1. The Labute approximate surface area is 171 Å². The molecule has 1 unspecified atom stereocenters. The number of amides is 1. The van der Waals surface area contributed by atoms with Gasteiger partial charge in [-0.05, 0) is 49.6 Å². The predicted octanol–water partition coefficient (Wildman–Crippen LogP) is 3.98. The van der Waals surface area contributed by atoms with Crippen LogP contribution in [0.4, 0.5) is 5.69 Å². The van der Waals surface area contributed by atoms with E-state index < -0.39 is 10.0 Å². The first kappa shape index (κ1) is 20.9. The summed E-state index contributed by atoms with van der Waals surface area (Å²) in [6, 6.07) is 18.1. The van der Waals surface area contributed by atoms with Crippen molar-refractivity contribution in [2.75, 3.05) is 24.2 Å². The lowest BCUT2D eigenvalue weighted by Crippen LogP contribution is -2.44. The van der Waals surface area contributed by atoms with Gasteiger partial charge < -0.3 is 5.32 Å². The Bertz CT molecular complexity index is 884. The Kier molecular flexibility index (Phi) is 7.15. The molecule has 0 spiro atoms. The van der Waals surface area contributed by atoms with Crippen LogP contribution in [0.25, 0.3) is 0 Å². The maximum absolute atomic E-state index is 12.6. The van der Waals surface area contributed by atoms with Crippen LogP contribution in [-0.4, -0.2) is 37.5 Å². The van der Waals surface area contributed by atoms with Crippen molar-refractivity contribution >= 4 is 33.4 Å². The first-order valence-electron chi connectivity index (χ1n) is 9.53. The number of anilines is 1. The number of nitrogens with one attached hydrogen (secondary N) is 1. The van der Waals surface area contributed by atoms with Gasteiger partial charge in [-0.15, -0.1) is 11.8 Å². The van der Waals surface area contributed by atoms with E-state index in [4.69, 9.17) is 0 Å². The molecule has 0 bridgehead atoms. The van der Waals surface area contributed by atoms with E-state index in [9.17, 15) is 13.2 Å². The molecule has 150 valence electrons. The zero-order valence-corrected chi connectivity index (χ0v) is 17.6. The maximum atomic E-state index is 12.6. The SMILES string of the molecule is CCS(=O)(=O)N1CCCC(C(=O)Nc2ccc(CSc3ccccc3)cc2)C1. The van der Waals surface area contributed by atoms with E-state index in [-0.39, 0.29) is 24.1 Å². The summed E-state index contributed by atoms with van der Waals surface area (Å²) in [5.41, 5.74) is 1.93. The van der Waals surface area contributed by atoms with Crippen molar-refractivity contribution in [3.8, 4) is 0 Å². The van der Waals surface area contributed by atoms with E-state index in [1.807, 2.05) is 42.5 Å². The highest BCUT2D eigenvalue weighted by Crippen LogP contribution is 2.24. The number of hydrogen-bond acceptors (Lipinski definition) is 4. The van der Waals surface area contributed by atoms with Crippen LogP contribution >= 0.6 is 11.8 Å². The van der Waals surface area contributed by atoms with Gasteiger partial charge in [-0.25, -0.2) is 12.7 Å². The average molecular weight is 419 g/mol. The van der Waals surface area contributed by atoms with Crippen molar-refractivity contribution in [2.24, 2.45) is 5.92 Å². The van der Waals surface area contributed by atoms with Gasteiger partial charge >= 0.3 is 0 Å². The minimum atomic E-state index is -3.24. The highest BCUT2D eigenvalue weighted by Gasteiger charge is 2.31. The van der Waals surface area contributed by atoms with Gasteiger partial charge in [0.1, 0.15) is 0 Å². The van der Waals surface area contributed by atoms with Crippen LogP contribution in [0, 0.1) is 5.92 Å². The van der Waals surface area contributed by atoms with E-state index >= 15 is 0 Å². The van der Waals surface area contributed by atoms with Crippen LogP contribution in [-0.2, 0) is 20.6 Å². The fourth-order valence-corrected chi connectivity index (χ4v) is 5.26. The predicted molar refractivity (Wildman–Crippen MR) is 115 cm³/mol. The molecule has 1 saturated heterocycles. The fraction of sp³-hybridized carbons (Fsp3) is 0.381. The van der Waals surface area contributed by atoms with Crippen molar-refractivity contribution in [3.05, 3.63) is 60.2 Å². The molecule has 3 rings (SSSR count). The largest absolute Gasteiger partial charge is 0.326 e. The Balaban J connectivity index is 1.54. The molecule has 1 amide bonds. The molecule has 1 aliphatic rings. The summed E-state index contributed by atoms with van der Waals surface area (Å²) in [7, 11) is -3.24. The van der Waals surface area contributed by atoms with Crippen LogP contribution in [0.5, 0.6) is 0 Å². The standard InChI is InChI=1S/C21H26N2O3S2/c1-2-28(25,26)23-14-6-7-18(15-23)21(24)22-19-12-10-17(11-13-19)16-27-20-8-4-3-5-9-20/h3-5,8-13,18H,2,6-7,14-16H2,1H3,(H,22,24). The summed E-state index contributed by atoms with van der Waals surface area (Å²) in [6.07, 6.45) is 1.43. The van der Waals surface area contributed by atoms with Crippen molar-refractivity contribution in [1.82, 2.24) is 4.31 Å². The number of nitrogens with zero attached hydrogens (tertiary/aromatic N) is 1. The maximum Gasteiger partial charge on any atom is 0.228 e. The number of piperidine rings is 1. The number of hydrogen-bond donors (Lipinski definition) is 1. The van der Waals surface area contributed by atoms with Crippen LogP contribution in [0.15, 0.2) is 59.5 Å². The second-order valence-corrected chi connectivity index (χ2v) is 10.2. The van der Waals surface area contributed by atoms with Gasteiger partial charge in [0.15, 0.2) is 0 Å². The van der Waals surface area contributed by atoms with Gasteiger partial charge in [0.25, 0.3) is 0 Å². The number of carbonyl (C=O) groups is 1. The molecule has 1 fully saturated rings. The van der Waals surface area contributed by atoms with Crippen molar-refractivity contribution in [2.45, 2.75) is 30.4 Å². The lowest BCUT2D eigenvalue weighted by molar-refractivity contribution is -0.120. The molecular weight excluding hydrogens is 392 g/mol. The summed E-state index contributed by atoms with van der Waals surface area (Å²) in [5, 5.41) is 2.94. The fourth-order valence-electron chi connectivity index (χ4n) is 3.20. The van der Waals surface area contributed by atoms with E-state index in [1.165, 1.54) is 14.8 Å². The van der Waals surface area contributed by atoms with Gasteiger partial charge in [-0.1, -0.05) is 30.3 Å². The smallest absolute Gasteiger partial charge is 0.228 e. The molecule has 1 heterocycles. The molecule has 0 saturated carbocycles. The molecule has 1 atom stereocenters. The Morgan fingerprint density at radius 3 is 2.54 bits per heavy atom. The number of carbonyl (C=O) groups excluding carboxylic acids is 1. The molecule has 1 N–H and O–H groups in total. The minimum Gasteiger partial charge on any atom is -0.326 e. The summed E-state index contributed by atoms with van der Waals surface area (Å²) in [5.74, 6) is 0.528. The number of benzene rings is 2. The second kappa shape index (κ2) is 9.58. The summed E-state index contributed by atoms with van der Waals surface area (Å²) >= 11 is 1.77. The Hall–Kier alpha value is -1.83. The molecule has 5 nitrogen and oxygen atoms in total. The molecule has 28 heavy (non-hydrogen) atoms. The van der Waals surface area contributed by atoms with Crippen molar-refractivity contribution in [1.29, 1.82) is 0 Å². The van der Waals surface area contributed by atoms with E-state index in [1.54, 1.807) is 18.7 Å². The Morgan fingerprint density at radius 2 is 1.86 bits per heavy atom. The van der Waals surface area contributed by atoms with Crippen LogP contribution in [0.3, 0.4) is 0 Å². The average Bonchev–Trinajstić information content (AvgIpc) is 2.74. The lowest BCUT2D eigenvalue weighted by atomic mass is 9.98. The van der Waals surface area contributed by atoms with Gasteiger partial charge in [-0.2, -0.15) is 0 Å². The van der Waals surface area contributed by atoms with E-state index in [0.29, 0.717) is 19.4 Å². The zero-order valence-electron chi connectivity index (χ0n) is 16.0. The Morgan fingerprint density at radius 1 is 1.14 bits per heavy atom. The second-order valence-electron chi connectivity index (χ2n) is 6.89. The van der Waals surface area contributed by atoms with E-state index in [2.05, 4.69) is 17.4 Å². The molecule has 2 aromatic carbocycles. The third kappa shape index (κ3) is 5.59. The van der Waals surface area contributed by atoms with Gasteiger partial charge in [0.05, 0.1) is 11.7 Å². The van der Waals surface area contributed by atoms with Gasteiger partial charge in [0, 0.05) is 29.4 Å². The first-order valence-corrected chi connectivity index (χ1v) is 12.1. The minimum absolute atomic E-state index is 0.0732. The molecular formula is C21H26N2O3S2. The summed E-state index contributed by atoms with van der Waals surface area (Å²) in [6.45, 7) is 2.41. The van der Waals surface area contributed by atoms with Crippen LogP contribution in [0.2, 0.25) is 0 Å². The molecule has 0 radical (unpaired) electrons. The molecule has 2 aromatic rings. The number of thioether (sulfide) groups is 1. The monoisotopic (exact) mass is 418 g/mol. The third-order valence-corrected chi connectivity index (χ3v) is 7.81. The normalized spacial score (nSPS) is 18.0. The summed E-state index contributed by atoms with van der Waals surface area (Å²) in [4.78, 5) is 13.8. The van der Waals surface area contributed by atoms with Gasteiger partial charge in [-0.3, -0.25) is 4.79 Å². The van der Waals surface area contributed by atoms with Crippen LogP contribution in [0.1, 0.15) is 25.3 Å². The zero-order chi connectivity index (χ0) is 20.0. The quantitative estimate of drug-likeness (QED) is 0.691. The van der Waals surface area contributed by atoms with Crippen molar-refractivity contribution in [3.63, 3.8) is 0 Å².